The van der Waals surface area contributed by atoms with Crippen LogP contribution in [0.5, 0.6) is 11.5 Å². The van der Waals surface area contributed by atoms with Crippen LogP contribution in [-0.2, 0) is 0 Å². The van der Waals surface area contributed by atoms with Gasteiger partial charge in [0.25, 0.3) is 0 Å². The number of anilines is 1. The molecule has 1 aliphatic heterocycles. The fourth-order valence-electron chi connectivity index (χ4n) is 3.15. The molecule has 132 valence electrons. The number of nitrogens with one attached hydrogen (secondary N) is 1. The van der Waals surface area contributed by atoms with Gasteiger partial charge in [-0.2, -0.15) is 0 Å². The van der Waals surface area contributed by atoms with Crippen molar-refractivity contribution in [3.63, 3.8) is 0 Å². The van der Waals surface area contributed by atoms with Gasteiger partial charge in [-0.1, -0.05) is 6.07 Å². The maximum atomic E-state index is 6.25. The Hall–Kier alpha value is -3.48. The number of rotatable bonds is 4. The molecule has 0 saturated carbocycles. The number of pyridine rings is 1. The van der Waals surface area contributed by atoms with E-state index in [4.69, 9.17) is 15.2 Å². The van der Waals surface area contributed by atoms with E-state index in [1.165, 1.54) is 0 Å². The number of hydrogen-bond donors (Lipinski definition) is 2. The second-order valence-electron chi connectivity index (χ2n) is 5.80. The number of nitrogens with two attached hydrogens (primary N) is 1. The van der Waals surface area contributed by atoms with Crippen LogP contribution in [0.25, 0.3) is 11.8 Å². The molecule has 3 heterocycles. The van der Waals surface area contributed by atoms with Crippen LogP contribution < -0.4 is 20.5 Å². The zero-order valence-corrected chi connectivity index (χ0v) is 14.5. The average Bonchev–Trinajstić information content (AvgIpc) is 3.03. The van der Waals surface area contributed by atoms with Crippen molar-refractivity contribution in [2.75, 3.05) is 20.0 Å². The molecule has 2 aromatic heterocycles. The van der Waals surface area contributed by atoms with Crippen molar-refractivity contribution in [2.24, 2.45) is 0 Å². The van der Waals surface area contributed by atoms with Crippen molar-refractivity contribution in [1.29, 1.82) is 0 Å². The maximum absolute atomic E-state index is 6.25. The third kappa shape index (κ3) is 2.54. The quantitative estimate of drug-likeness (QED) is 0.753. The smallest absolute Gasteiger partial charge is 0.205 e. The monoisotopic (exact) mass is 349 g/mol. The van der Waals surface area contributed by atoms with E-state index in [1.54, 1.807) is 20.4 Å². The third-order valence-corrected chi connectivity index (χ3v) is 4.35. The van der Waals surface area contributed by atoms with Crippen molar-refractivity contribution in [1.82, 2.24) is 19.9 Å². The lowest BCUT2D eigenvalue weighted by molar-refractivity contribution is 0.355. The number of benzene rings is 1. The van der Waals surface area contributed by atoms with Crippen molar-refractivity contribution in [3.05, 3.63) is 65.9 Å². The fourth-order valence-corrected chi connectivity index (χ4v) is 3.15. The first-order chi connectivity index (χ1) is 12.7. The van der Waals surface area contributed by atoms with Crippen LogP contribution in [0.1, 0.15) is 23.1 Å². The topological polar surface area (TPSA) is 87.2 Å². The average molecular weight is 349 g/mol. The number of imidazole rings is 1. The molecule has 1 aromatic carbocycles. The summed E-state index contributed by atoms with van der Waals surface area (Å²) >= 11 is 0. The Balaban J connectivity index is 1.84. The van der Waals surface area contributed by atoms with Crippen LogP contribution in [-0.4, -0.2) is 28.8 Å². The number of nitrogen functional groups attached to an aromatic ring is 1. The van der Waals surface area contributed by atoms with Gasteiger partial charge in [0.15, 0.2) is 11.5 Å². The van der Waals surface area contributed by atoms with Gasteiger partial charge in [-0.15, -0.1) is 0 Å². The predicted molar refractivity (Wildman–Crippen MR) is 99.3 cm³/mol. The minimum atomic E-state index is -0.153. The number of hydrogen-bond acceptors (Lipinski definition) is 6. The van der Waals surface area contributed by atoms with E-state index in [0.717, 1.165) is 22.8 Å². The van der Waals surface area contributed by atoms with Gasteiger partial charge in [-0.25, -0.2) is 4.98 Å². The molecule has 0 aliphatic carbocycles. The first-order valence-electron chi connectivity index (χ1n) is 8.17. The number of fused-ring (bicyclic) bond motifs is 1. The first kappa shape index (κ1) is 16.0. The molecule has 0 spiro atoms. The molecule has 1 aliphatic rings. The Kier molecular flexibility index (Phi) is 3.96. The Morgan fingerprint density at radius 1 is 1.12 bits per heavy atom. The fraction of sp³-hybridized carbons (Fsp3) is 0.158. The second kappa shape index (κ2) is 6.44. The van der Waals surface area contributed by atoms with Crippen LogP contribution in [0.3, 0.4) is 0 Å². The van der Waals surface area contributed by atoms with Crippen LogP contribution in [0.15, 0.2) is 48.8 Å². The van der Waals surface area contributed by atoms with E-state index in [-0.39, 0.29) is 6.04 Å². The molecule has 1 unspecified atom stereocenters. The molecule has 7 nitrogen and oxygen atoms in total. The van der Waals surface area contributed by atoms with Gasteiger partial charge in [-0.05, 0) is 36.5 Å². The summed E-state index contributed by atoms with van der Waals surface area (Å²) in [5.41, 5.74) is 9.72. The van der Waals surface area contributed by atoms with Crippen LogP contribution >= 0.6 is 0 Å². The molecule has 7 heteroatoms. The summed E-state index contributed by atoms with van der Waals surface area (Å²) in [5.74, 6) is 1.69. The van der Waals surface area contributed by atoms with Gasteiger partial charge in [0.2, 0.25) is 5.95 Å². The lowest BCUT2D eigenvalue weighted by Crippen LogP contribution is -2.22. The highest BCUT2D eigenvalue weighted by atomic mass is 16.5. The lowest BCUT2D eigenvalue weighted by Gasteiger charge is -2.20. The third-order valence-electron chi connectivity index (χ3n) is 4.35. The molecule has 3 aromatic rings. The summed E-state index contributed by atoms with van der Waals surface area (Å²) in [6.07, 6.45) is 5.61. The molecule has 0 saturated heterocycles. The second-order valence-corrected chi connectivity index (χ2v) is 5.80. The summed E-state index contributed by atoms with van der Waals surface area (Å²) in [6.45, 7) is 0. The summed E-state index contributed by atoms with van der Waals surface area (Å²) < 4.78 is 12.6. The van der Waals surface area contributed by atoms with E-state index in [1.807, 2.05) is 53.2 Å². The molecule has 0 fully saturated rings. The molecule has 4 rings (SSSR count). The number of ether oxygens (including phenoxy) is 2. The molecular formula is C19H19N5O2. The van der Waals surface area contributed by atoms with E-state index in [0.29, 0.717) is 17.4 Å². The standard InChI is InChI=1S/C19H19N5O2/c1-25-15-7-6-12(11-16(15)26-2)24-14-8-10-22-17(18(14)23-19(24)20)13-5-3-4-9-21-13/h3-11,17,22H,1-2H3,(H2,20,23). The Morgan fingerprint density at radius 2 is 1.96 bits per heavy atom. The van der Waals surface area contributed by atoms with Crippen molar-refractivity contribution >= 4 is 12.0 Å². The normalized spacial score (nSPS) is 15.2. The molecule has 0 radical (unpaired) electrons. The molecule has 0 amide bonds. The summed E-state index contributed by atoms with van der Waals surface area (Å²) in [6, 6.07) is 11.3. The van der Waals surface area contributed by atoms with Gasteiger partial charge in [0.1, 0.15) is 6.04 Å². The molecule has 0 bridgehead atoms. The highest BCUT2D eigenvalue weighted by molar-refractivity contribution is 5.62. The minimum absolute atomic E-state index is 0.153. The van der Waals surface area contributed by atoms with Crippen LogP contribution in [0, 0.1) is 0 Å². The van der Waals surface area contributed by atoms with Gasteiger partial charge in [0.05, 0.1) is 37.0 Å². The predicted octanol–water partition coefficient (Wildman–Crippen LogP) is 2.53. The Bertz CT molecular complexity index is 966. The minimum Gasteiger partial charge on any atom is -0.493 e. The van der Waals surface area contributed by atoms with Crippen molar-refractivity contribution in [2.45, 2.75) is 6.04 Å². The van der Waals surface area contributed by atoms with E-state index < -0.39 is 0 Å². The van der Waals surface area contributed by atoms with Gasteiger partial charge >= 0.3 is 0 Å². The molecular weight excluding hydrogens is 330 g/mol. The van der Waals surface area contributed by atoms with E-state index >= 15 is 0 Å². The first-order valence-corrected chi connectivity index (χ1v) is 8.17. The Labute approximate surface area is 151 Å². The van der Waals surface area contributed by atoms with Crippen LogP contribution in [0.4, 0.5) is 5.95 Å². The maximum Gasteiger partial charge on any atom is 0.205 e. The summed E-state index contributed by atoms with van der Waals surface area (Å²) in [7, 11) is 3.21. The van der Waals surface area contributed by atoms with Gasteiger partial charge in [-0.3, -0.25) is 9.55 Å². The van der Waals surface area contributed by atoms with Gasteiger partial charge < -0.3 is 20.5 Å². The number of methoxy groups -OCH3 is 2. The number of aromatic nitrogens is 3. The van der Waals surface area contributed by atoms with Crippen LogP contribution in [0.2, 0.25) is 0 Å². The zero-order chi connectivity index (χ0) is 18.1. The van der Waals surface area contributed by atoms with E-state index in [9.17, 15) is 0 Å². The lowest BCUT2D eigenvalue weighted by atomic mass is 10.0. The highest BCUT2D eigenvalue weighted by Crippen LogP contribution is 2.34. The SMILES string of the molecule is COc1ccc(-n2c(N)nc3c2C=CNC3c2ccccn2)cc1OC. The zero-order valence-electron chi connectivity index (χ0n) is 14.5. The summed E-state index contributed by atoms with van der Waals surface area (Å²) in [4.78, 5) is 9.04. The Morgan fingerprint density at radius 3 is 2.69 bits per heavy atom. The van der Waals surface area contributed by atoms with Gasteiger partial charge in [0, 0.05) is 12.3 Å². The highest BCUT2D eigenvalue weighted by Gasteiger charge is 2.26. The largest absolute Gasteiger partial charge is 0.493 e. The number of nitrogens with zero attached hydrogens (tertiary/aromatic N) is 3. The summed E-state index contributed by atoms with van der Waals surface area (Å²) in [5, 5.41) is 3.31. The van der Waals surface area contributed by atoms with E-state index in [2.05, 4.69) is 15.3 Å². The molecule has 1 atom stereocenters. The molecule has 26 heavy (non-hydrogen) atoms. The van der Waals surface area contributed by atoms with Crippen molar-refractivity contribution in [3.8, 4) is 17.2 Å². The molecule has 3 N–H and O–H groups in total. The van der Waals surface area contributed by atoms with Crippen molar-refractivity contribution < 1.29 is 9.47 Å².